The zero-order chi connectivity index (χ0) is 8.36. The summed E-state index contributed by atoms with van der Waals surface area (Å²) in [5, 5.41) is 6.75. The summed E-state index contributed by atoms with van der Waals surface area (Å²) in [6.45, 7) is 0. The van der Waals surface area contributed by atoms with Crippen LogP contribution in [0.25, 0.3) is 0 Å². The van der Waals surface area contributed by atoms with Gasteiger partial charge in [0.15, 0.2) is 0 Å². The molecule has 0 heterocycles. The van der Waals surface area contributed by atoms with Crippen molar-refractivity contribution in [3.63, 3.8) is 0 Å². The first-order chi connectivity index (χ1) is 4.33. The molecule has 0 bridgehead atoms. The number of aliphatic carboxylic acids is 1. The molecule has 4 nitrogen and oxygen atoms in total. The number of carboxylic acid groups (broad SMARTS) is 1. The normalized spacial score (nSPS) is 19.4. The van der Waals surface area contributed by atoms with Gasteiger partial charge in [0.2, 0.25) is 0 Å². The van der Waals surface area contributed by atoms with Gasteiger partial charge in [-0.1, -0.05) is 0 Å². The van der Waals surface area contributed by atoms with Gasteiger partial charge in [-0.15, -0.1) is 11.6 Å². The monoisotopic (exact) mass is 204 g/mol. The molecule has 2 atom stereocenters. The summed E-state index contributed by atoms with van der Waals surface area (Å²) in [7, 11) is -3.45. The first kappa shape index (κ1) is 10.1. The predicted molar refractivity (Wildman–Crippen MR) is 40.3 cm³/mol. The molecule has 0 aromatic carbocycles. The van der Waals surface area contributed by atoms with E-state index in [0.29, 0.717) is 0 Å². The summed E-state index contributed by atoms with van der Waals surface area (Å²) in [5.41, 5.74) is 0. The third kappa shape index (κ3) is 4.92. The highest BCUT2D eigenvalue weighted by atomic mass is 35.5. The lowest BCUT2D eigenvalue weighted by molar-refractivity contribution is -0.136. The molecule has 2 unspecified atom stereocenters. The van der Waals surface area contributed by atoms with Crippen molar-refractivity contribution < 1.29 is 18.7 Å². The number of carbonyl (C=O) groups is 1. The van der Waals surface area contributed by atoms with Gasteiger partial charge in [0.25, 0.3) is 0 Å². The quantitative estimate of drug-likeness (QED) is 0.628. The molecule has 0 aromatic heterocycles. The van der Waals surface area contributed by atoms with Gasteiger partial charge < -0.3 is 9.66 Å². The SMILES string of the molecule is O=C(O)C(Cl)CS(=O)(O)=S. The average Bonchev–Trinajstić information content (AvgIpc) is 1.60. The molecule has 7 heteroatoms. The van der Waals surface area contributed by atoms with Crippen molar-refractivity contribution in [2.75, 3.05) is 5.75 Å². The van der Waals surface area contributed by atoms with Crippen LogP contribution in [0.4, 0.5) is 0 Å². The number of hydrogen-bond donors (Lipinski definition) is 2. The molecule has 0 aliphatic carbocycles. The Morgan fingerprint density at radius 3 is 2.30 bits per heavy atom. The topological polar surface area (TPSA) is 74.6 Å². The summed E-state index contributed by atoms with van der Waals surface area (Å²) in [6.07, 6.45) is 0. The molecule has 0 aliphatic rings. The van der Waals surface area contributed by atoms with Crippen LogP contribution < -0.4 is 0 Å². The highest BCUT2D eigenvalue weighted by Crippen LogP contribution is 1.99. The van der Waals surface area contributed by atoms with E-state index >= 15 is 0 Å². The molecule has 0 fully saturated rings. The maximum atomic E-state index is 10.3. The van der Waals surface area contributed by atoms with E-state index in [4.69, 9.17) is 21.3 Å². The molecule has 0 rings (SSSR count). The van der Waals surface area contributed by atoms with Gasteiger partial charge >= 0.3 is 5.97 Å². The summed E-state index contributed by atoms with van der Waals surface area (Å²) in [4.78, 5) is 9.96. The van der Waals surface area contributed by atoms with E-state index in [-0.39, 0.29) is 0 Å². The smallest absolute Gasteiger partial charge is 0.322 e. The van der Waals surface area contributed by atoms with Crippen LogP contribution in [0.2, 0.25) is 0 Å². The van der Waals surface area contributed by atoms with Crippen molar-refractivity contribution in [1.82, 2.24) is 0 Å². The third-order valence-electron chi connectivity index (χ3n) is 0.625. The Morgan fingerprint density at radius 1 is 1.80 bits per heavy atom. The first-order valence-corrected chi connectivity index (χ1v) is 5.19. The van der Waals surface area contributed by atoms with Gasteiger partial charge in [0.05, 0.1) is 5.75 Å². The highest BCUT2D eigenvalue weighted by molar-refractivity contribution is 8.29. The standard InChI is InChI=1S/C3H5ClO4S2/c4-2(3(5)6)1-10(7,8)9/h2H,1H2,(H,5,6)(H,7,8,9). The van der Waals surface area contributed by atoms with Gasteiger partial charge in [-0.25, -0.2) is 4.21 Å². The maximum absolute atomic E-state index is 10.3. The van der Waals surface area contributed by atoms with Crippen LogP contribution in [0.15, 0.2) is 0 Å². The largest absolute Gasteiger partial charge is 0.480 e. The lowest BCUT2D eigenvalue weighted by Crippen LogP contribution is -2.22. The van der Waals surface area contributed by atoms with Crippen LogP contribution in [0.1, 0.15) is 0 Å². The Kier molecular flexibility index (Phi) is 3.50. The zero-order valence-electron chi connectivity index (χ0n) is 4.69. The third-order valence-corrected chi connectivity index (χ3v) is 2.31. The minimum atomic E-state index is -3.45. The van der Waals surface area contributed by atoms with Crippen LogP contribution in [0.5, 0.6) is 0 Å². The molecule has 0 saturated heterocycles. The number of carboxylic acids is 1. The van der Waals surface area contributed by atoms with Crippen molar-refractivity contribution in [2.45, 2.75) is 5.38 Å². The molecule has 0 saturated carbocycles. The van der Waals surface area contributed by atoms with E-state index in [0.717, 1.165) is 0 Å². The van der Waals surface area contributed by atoms with Gasteiger partial charge in [0, 0.05) is 11.2 Å². The van der Waals surface area contributed by atoms with Crippen molar-refractivity contribution in [2.24, 2.45) is 0 Å². The molecular formula is C3H5ClO4S2. The van der Waals surface area contributed by atoms with Crippen LogP contribution in [-0.4, -0.2) is 31.0 Å². The summed E-state index contributed by atoms with van der Waals surface area (Å²) < 4.78 is 18.8. The molecule has 0 aromatic rings. The number of hydrogen-bond acceptors (Lipinski definition) is 3. The average molecular weight is 205 g/mol. The van der Waals surface area contributed by atoms with E-state index in [1.807, 2.05) is 0 Å². The minimum absolute atomic E-state index is 0.598. The van der Waals surface area contributed by atoms with E-state index in [1.165, 1.54) is 0 Å². The molecule has 0 spiro atoms. The first-order valence-electron chi connectivity index (χ1n) is 2.15. The second kappa shape index (κ2) is 3.47. The van der Waals surface area contributed by atoms with Crippen molar-refractivity contribution in [3.05, 3.63) is 0 Å². The van der Waals surface area contributed by atoms with Crippen molar-refractivity contribution in [1.29, 1.82) is 0 Å². The highest BCUT2D eigenvalue weighted by Gasteiger charge is 2.18. The van der Waals surface area contributed by atoms with E-state index in [2.05, 4.69) is 11.2 Å². The Hall–Kier alpha value is 0.0900. The predicted octanol–water partition coefficient (Wildman–Crippen LogP) is -0.102. The summed E-state index contributed by atoms with van der Waals surface area (Å²) in [6, 6.07) is 0. The molecule has 0 aliphatic heterocycles. The lowest BCUT2D eigenvalue weighted by atomic mass is 10.5. The van der Waals surface area contributed by atoms with E-state index in [9.17, 15) is 9.00 Å². The fraction of sp³-hybridized carbons (Fsp3) is 0.667. The molecule has 0 amide bonds. The summed E-state index contributed by atoms with van der Waals surface area (Å²) in [5.74, 6) is -1.94. The lowest BCUT2D eigenvalue weighted by Gasteiger charge is -2.00. The van der Waals surface area contributed by atoms with Crippen LogP contribution >= 0.6 is 11.6 Å². The van der Waals surface area contributed by atoms with Gasteiger partial charge in [-0.05, 0) is 0 Å². The Labute approximate surface area is 67.7 Å². The van der Waals surface area contributed by atoms with E-state index < -0.39 is 25.9 Å². The van der Waals surface area contributed by atoms with Crippen LogP contribution in [-0.2, 0) is 24.8 Å². The number of alkyl halides is 1. The van der Waals surface area contributed by atoms with Gasteiger partial charge in [-0.2, -0.15) is 0 Å². The second-order valence-electron chi connectivity index (χ2n) is 1.55. The molecule has 0 radical (unpaired) electrons. The Morgan fingerprint density at radius 2 is 2.20 bits per heavy atom. The molecule has 60 valence electrons. The van der Waals surface area contributed by atoms with Gasteiger partial charge in [-0.3, -0.25) is 4.79 Å². The fourth-order valence-electron chi connectivity index (χ4n) is 0.256. The molecule has 10 heavy (non-hydrogen) atoms. The minimum Gasteiger partial charge on any atom is -0.480 e. The molecular weight excluding hydrogens is 200 g/mol. The second-order valence-corrected chi connectivity index (χ2v) is 5.14. The Bertz CT molecular complexity index is 221. The number of rotatable bonds is 3. The van der Waals surface area contributed by atoms with Crippen LogP contribution in [0.3, 0.4) is 0 Å². The maximum Gasteiger partial charge on any atom is 0.322 e. The van der Waals surface area contributed by atoms with E-state index in [1.54, 1.807) is 0 Å². The zero-order valence-corrected chi connectivity index (χ0v) is 7.08. The molecule has 2 N–H and O–H groups in total. The van der Waals surface area contributed by atoms with Crippen molar-refractivity contribution in [3.8, 4) is 0 Å². The fourth-order valence-corrected chi connectivity index (χ4v) is 1.91. The van der Waals surface area contributed by atoms with Gasteiger partial charge in [0.1, 0.15) is 14.1 Å². The Balaban J connectivity index is 4.06. The van der Waals surface area contributed by atoms with Crippen molar-refractivity contribution >= 4 is 37.5 Å². The summed E-state index contributed by atoms with van der Waals surface area (Å²) >= 11 is 9.11. The number of halogens is 1. The van der Waals surface area contributed by atoms with Crippen LogP contribution in [0, 0.1) is 0 Å².